The molecule has 18 heavy (non-hydrogen) atoms. The summed E-state index contributed by atoms with van der Waals surface area (Å²) in [6.45, 7) is 1.71. The van der Waals surface area contributed by atoms with Gasteiger partial charge in [0.05, 0.1) is 15.4 Å². The summed E-state index contributed by atoms with van der Waals surface area (Å²) in [5, 5.41) is 7.17. The number of H-pyrrole nitrogens is 3. The molecule has 0 aliphatic rings. The van der Waals surface area contributed by atoms with Crippen molar-refractivity contribution in [3.63, 3.8) is 0 Å². The van der Waals surface area contributed by atoms with E-state index in [-0.39, 0.29) is 15.4 Å². The maximum Gasteiger partial charge on any atom is 0.326 e. The number of rotatable bonds is 0. The molecule has 92 valence electrons. The molecule has 0 saturated carbocycles. The van der Waals surface area contributed by atoms with Gasteiger partial charge >= 0.3 is 5.69 Å². The Labute approximate surface area is 106 Å². The Morgan fingerprint density at radius 2 is 1.94 bits per heavy atom. The van der Waals surface area contributed by atoms with Crippen LogP contribution in [-0.4, -0.2) is 20.2 Å². The lowest BCUT2D eigenvalue weighted by Gasteiger charge is -2.03. The van der Waals surface area contributed by atoms with Crippen molar-refractivity contribution in [3.8, 4) is 0 Å². The van der Waals surface area contributed by atoms with E-state index in [0.717, 1.165) is 0 Å². The SMILES string of the molecule is Cc1[nH]nc2c1c(Br)c(F)c1[nH]c(=O)[nH]c(=O)c12. The van der Waals surface area contributed by atoms with Gasteiger partial charge in [-0.15, -0.1) is 0 Å². The zero-order valence-corrected chi connectivity index (χ0v) is 10.6. The van der Waals surface area contributed by atoms with E-state index in [2.05, 4.69) is 36.1 Å². The van der Waals surface area contributed by atoms with E-state index >= 15 is 0 Å². The molecule has 0 fully saturated rings. The first-order valence-electron chi connectivity index (χ1n) is 4.98. The number of hydrogen-bond acceptors (Lipinski definition) is 3. The number of nitrogens with one attached hydrogen (secondary N) is 3. The van der Waals surface area contributed by atoms with Crippen LogP contribution in [0.3, 0.4) is 0 Å². The molecule has 1 aromatic carbocycles. The van der Waals surface area contributed by atoms with Crippen LogP contribution < -0.4 is 11.2 Å². The summed E-state index contributed by atoms with van der Waals surface area (Å²) in [7, 11) is 0. The van der Waals surface area contributed by atoms with Crippen molar-refractivity contribution in [2.45, 2.75) is 6.92 Å². The van der Waals surface area contributed by atoms with E-state index in [4.69, 9.17) is 0 Å². The van der Waals surface area contributed by atoms with Crippen LogP contribution in [0, 0.1) is 12.7 Å². The van der Waals surface area contributed by atoms with E-state index in [1.807, 2.05) is 0 Å². The van der Waals surface area contributed by atoms with Crippen molar-refractivity contribution < 1.29 is 4.39 Å². The molecule has 3 aromatic rings. The van der Waals surface area contributed by atoms with E-state index in [1.54, 1.807) is 6.92 Å². The highest BCUT2D eigenvalue weighted by Gasteiger charge is 2.19. The molecule has 0 radical (unpaired) electrons. The Balaban J connectivity index is 2.80. The minimum absolute atomic E-state index is 0.0228. The molecule has 0 unspecified atom stereocenters. The molecule has 0 saturated heterocycles. The molecular weight excluding hydrogens is 307 g/mol. The summed E-state index contributed by atoms with van der Waals surface area (Å²) >= 11 is 3.11. The molecule has 0 atom stereocenters. The van der Waals surface area contributed by atoms with Crippen LogP contribution in [0.25, 0.3) is 21.8 Å². The Kier molecular flexibility index (Phi) is 2.18. The topological polar surface area (TPSA) is 94.4 Å². The van der Waals surface area contributed by atoms with Crippen LogP contribution in [0.1, 0.15) is 5.69 Å². The van der Waals surface area contributed by atoms with Gasteiger partial charge < -0.3 is 4.98 Å². The van der Waals surface area contributed by atoms with Gasteiger partial charge in [-0.05, 0) is 22.9 Å². The maximum atomic E-state index is 14.1. The highest BCUT2D eigenvalue weighted by atomic mass is 79.9. The fourth-order valence-corrected chi connectivity index (χ4v) is 2.66. The molecule has 0 aliphatic carbocycles. The van der Waals surface area contributed by atoms with Crippen LogP contribution in [0.5, 0.6) is 0 Å². The van der Waals surface area contributed by atoms with Crippen LogP contribution >= 0.6 is 15.9 Å². The third kappa shape index (κ3) is 1.29. The van der Waals surface area contributed by atoms with Gasteiger partial charge in [0, 0.05) is 11.1 Å². The number of halogens is 2. The van der Waals surface area contributed by atoms with Crippen LogP contribution in [0.15, 0.2) is 14.1 Å². The Morgan fingerprint density at radius 3 is 2.67 bits per heavy atom. The number of fused-ring (bicyclic) bond motifs is 3. The minimum atomic E-state index is -0.759. The second-order valence-electron chi connectivity index (χ2n) is 3.86. The lowest BCUT2D eigenvalue weighted by Crippen LogP contribution is -2.22. The van der Waals surface area contributed by atoms with Gasteiger partial charge in [-0.2, -0.15) is 5.10 Å². The molecule has 0 aliphatic heterocycles. The third-order valence-electron chi connectivity index (χ3n) is 2.76. The summed E-state index contributed by atoms with van der Waals surface area (Å²) in [5.41, 5.74) is -0.646. The second-order valence-corrected chi connectivity index (χ2v) is 4.65. The van der Waals surface area contributed by atoms with Gasteiger partial charge in [0.1, 0.15) is 5.52 Å². The lowest BCUT2D eigenvalue weighted by molar-refractivity contribution is 0.631. The number of aryl methyl sites for hydroxylation is 1. The molecule has 0 amide bonds. The summed E-state index contributed by atoms with van der Waals surface area (Å²) < 4.78 is 14.3. The highest BCUT2D eigenvalue weighted by Crippen LogP contribution is 2.32. The Morgan fingerprint density at radius 1 is 1.22 bits per heavy atom. The summed E-state index contributed by atoms with van der Waals surface area (Å²) in [6.07, 6.45) is 0. The first-order chi connectivity index (χ1) is 8.50. The summed E-state index contributed by atoms with van der Waals surface area (Å²) in [5.74, 6) is -0.690. The minimum Gasteiger partial charge on any atom is -0.304 e. The molecular formula is C10H6BrFN4O2. The zero-order chi connectivity index (χ0) is 13.0. The lowest BCUT2D eigenvalue weighted by atomic mass is 10.1. The highest BCUT2D eigenvalue weighted by molar-refractivity contribution is 9.10. The standard InChI is InChI=1S/C10H6BrFN4O2/c1-2-3-5(11)6(12)8-4(7(3)16-15-2)9(17)14-10(18)13-8/h1H3,(H,15,16)(H2,13,14,17,18). The number of nitrogens with zero attached hydrogens (tertiary/aromatic N) is 1. The van der Waals surface area contributed by atoms with Crippen molar-refractivity contribution in [1.82, 2.24) is 20.2 Å². The van der Waals surface area contributed by atoms with Gasteiger partial charge in [0.15, 0.2) is 5.82 Å². The fourth-order valence-electron chi connectivity index (χ4n) is 1.98. The largest absolute Gasteiger partial charge is 0.326 e. The van der Waals surface area contributed by atoms with Crippen molar-refractivity contribution in [1.29, 1.82) is 0 Å². The molecule has 0 spiro atoms. The first-order valence-corrected chi connectivity index (χ1v) is 5.78. The van der Waals surface area contributed by atoms with Crippen molar-refractivity contribution in [2.75, 3.05) is 0 Å². The van der Waals surface area contributed by atoms with E-state index in [9.17, 15) is 14.0 Å². The van der Waals surface area contributed by atoms with Gasteiger partial charge in [-0.25, -0.2) is 9.18 Å². The van der Waals surface area contributed by atoms with Gasteiger partial charge in [-0.3, -0.25) is 14.9 Å². The Hall–Kier alpha value is -1.96. The quantitative estimate of drug-likeness (QED) is 0.584. The second kappa shape index (κ2) is 3.52. The van der Waals surface area contributed by atoms with Crippen LogP contribution in [-0.2, 0) is 0 Å². The maximum absolute atomic E-state index is 14.1. The first kappa shape index (κ1) is 11.1. The van der Waals surface area contributed by atoms with Crippen molar-refractivity contribution in [2.24, 2.45) is 0 Å². The van der Waals surface area contributed by atoms with Crippen molar-refractivity contribution in [3.05, 3.63) is 36.8 Å². The predicted molar refractivity (Wildman–Crippen MR) is 67.2 cm³/mol. The van der Waals surface area contributed by atoms with E-state index < -0.39 is 17.1 Å². The van der Waals surface area contributed by atoms with Crippen LogP contribution in [0.2, 0.25) is 0 Å². The predicted octanol–water partition coefficient (Wildman–Crippen LogP) is 1.30. The summed E-state index contributed by atoms with van der Waals surface area (Å²) in [4.78, 5) is 27.3. The molecule has 2 aromatic heterocycles. The average molecular weight is 313 g/mol. The molecule has 2 heterocycles. The van der Waals surface area contributed by atoms with Gasteiger partial charge in [0.2, 0.25) is 0 Å². The van der Waals surface area contributed by atoms with Gasteiger partial charge in [-0.1, -0.05) is 0 Å². The normalized spacial score (nSPS) is 11.5. The number of aromatic nitrogens is 4. The monoisotopic (exact) mass is 312 g/mol. The Bertz CT molecular complexity index is 908. The fraction of sp³-hybridized carbons (Fsp3) is 0.100. The van der Waals surface area contributed by atoms with E-state index in [0.29, 0.717) is 16.6 Å². The van der Waals surface area contributed by atoms with Crippen LogP contribution in [0.4, 0.5) is 4.39 Å². The summed E-state index contributed by atoms with van der Waals surface area (Å²) in [6, 6.07) is 0. The molecule has 6 nitrogen and oxygen atoms in total. The number of benzene rings is 1. The number of aromatic amines is 3. The number of hydrogen-bond donors (Lipinski definition) is 3. The average Bonchev–Trinajstić information content (AvgIpc) is 2.67. The molecule has 0 bridgehead atoms. The zero-order valence-electron chi connectivity index (χ0n) is 9.02. The third-order valence-corrected chi connectivity index (χ3v) is 3.50. The molecule has 8 heteroatoms. The van der Waals surface area contributed by atoms with Gasteiger partial charge in [0.25, 0.3) is 5.56 Å². The smallest absolute Gasteiger partial charge is 0.304 e. The van der Waals surface area contributed by atoms with Crippen molar-refractivity contribution >= 4 is 37.7 Å². The molecule has 3 N–H and O–H groups in total. The molecule has 3 rings (SSSR count). The van der Waals surface area contributed by atoms with E-state index in [1.165, 1.54) is 0 Å².